The molecule has 0 bridgehead atoms. The van der Waals surface area contributed by atoms with Crippen molar-refractivity contribution in [2.75, 3.05) is 7.11 Å². The number of hydrogen-bond acceptors (Lipinski definition) is 2. The molecule has 0 aromatic heterocycles. The van der Waals surface area contributed by atoms with Crippen molar-refractivity contribution in [1.82, 2.24) is 0 Å². The standard InChI is InChI=1S/C16H17Cl2NO/c1-16(19,12-6-4-7-13(9-12)20-2)10-11-5-3-8-14(17)15(11)18/h3-9H,10,19H2,1-2H3. The molecular weight excluding hydrogens is 293 g/mol. The fraction of sp³-hybridized carbons (Fsp3) is 0.250. The molecular formula is C16H17Cl2NO. The summed E-state index contributed by atoms with van der Waals surface area (Å²) in [4.78, 5) is 0. The summed E-state index contributed by atoms with van der Waals surface area (Å²) in [5, 5.41) is 1.11. The lowest BCUT2D eigenvalue weighted by molar-refractivity contribution is 0.410. The molecule has 0 aliphatic heterocycles. The molecule has 0 aliphatic carbocycles. The number of rotatable bonds is 4. The Morgan fingerprint density at radius 2 is 1.85 bits per heavy atom. The lowest BCUT2D eigenvalue weighted by Gasteiger charge is -2.26. The molecule has 106 valence electrons. The first kappa shape index (κ1) is 15.2. The second-order valence-electron chi connectivity index (χ2n) is 5.04. The molecule has 0 amide bonds. The maximum absolute atomic E-state index is 6.46. The summed E-state index contributed by atoms with van der Waals surface area (Å²) < 4.78 is 5.24. The highest BCUT2D eigenvalue weighted by atomic mass is 35.5. The molecule has 2 aromatic rings. The van der Waals surface area contributed by atoms with Gasteiger partial charge in [-0.3, -0.25) is 0 Å². The van der Waals surface area contributed by atoms with Crippen molar-refractivity contribution in [3.8, 4) is 5.75 Å². The number of nitrogens with two attached hydrogens (primary N) is 1. The third-order valence-corrected chi connectivity index (χ3v) is 4.18. The SMILES string of the molecule is COc1cccc(C(C)(N)Cc2cccc(Cl)c2Cl)c1. The zero-order valence-corrected chi connectivity index (χ0v) is 13.0. The maximum Gasteiger partial charge on any atom is 0.119 e. The van der Waals surface area contributed by atoms with Gasteiger partial charge in [0, 0.05) is 5.54 Å². The normalized spacial score (nSPS) is 13.8. The van der Waals surface area contributed by atoms with Crippen molar-refractivity contribution in [3.63, 3.8) is 0 Å². The van der Waals surface area contributed by atoms with Crippen LogP contribution >= 0.6 is 23.2 Å². The van der Waals surface area contributed by atoms with Crippen molar-refractivity contribution in [2.24, 2.45) is 5.73 Å². The van der Waals surface area contributed by atoms with Crippen LogP contribution in [0.1, 0.15) is 18.1 Å². The van der Waals surface area contributed by atoms with Crippen LogP contribution in [0.15, 0.2) is 42.5 Å². The fourth-order valence-corrected chi connectivity index (χ4v) is 2.55. The average molecular weight is 310 g/mol. The largest absolute Gasteiger partial charge is 0.497 e. The molecule has 0 radical (unpaired) electrons. The molecule has 1 unspecified atom stereocenters. The van der Waals surface area contributed by atoms with Gasteiger partial charge in [0.05, 0.1) is 17.2 Å². The van der Waals surface area contributed by atoms with Gasteiger partial charge >= 0.3 is 0 Å². The van der Waals surface area contributed by atoms with E-state index in [1.807, 2.05) is 43.3 Å². The molecule has 2 N–H and O–H groups in total. The minimum atomic E-state index is -0.553. The third-order valence-electron chi connectivity index (χ3n) is 3.32. The highest BCUT2D eigenvalue weighted by molar-refractivity contribution is 6.42. The predicted octanol–water partition coefficient (Wildman–Crippen LogP) is 4.42. The van der Waals surface area contributed by atoms with Crippen LogP contribution in [0.25, 0.3) is 0 Å². The van der Waals surface area contributed by atoms with Crippen LogP contribution in [0.3, 0.4) is 0 Å². The summed E-state index contributed by atoms with van der Waals surface area (Å²) in [6, 6.07) is 13.3. The summed E-state index contributed by atoms with van der Waals surface area (Å²) in [6.45, 7) is 1.97. The Labute approximate surface area is 129 Å². The van der Waals surface area contributed by atoms with Crippen molar-refractivity contribution in [3.05, 3.63) is 63.6 Å². The molecule has 2 aromatic carbocycles. The smallest absolute Gasteiger partial charge is 0.119 e. The van der Waals surface area contributed by atoms with Gasteiger partial charge in [0.25, 0.3) is 0 Å². The van der Waals surface area contributed by atoms with Crippen molar-refractivity contribution >= 4 is 23.2 Å². The van der Waals surface area contributed by atoms with Gasteiger partial charge < -0.3 is 10.5 Å². The molecule has 1 atom stereocenters. The molecule has 4 heteroatoms. The second kappa shape index (κ2) is 6.04. The highest BCUT2D eigenvalue weighted by Gasteiger charge is 2.23. The zero-order chi connectivity index (χ0) is 14.8. The van der Waals surface area contributed by atoms with E-state index in [1.165, 1.54) is 0 Å². The van der Waals surface area contributed by atoms with E-state index in [9.17, 15) is 0 Å². The van der Waals surface area contributed by atoms with Crippen LogP contribution in [0.5, 0.6) is 5.75 Å². The van der Waals surface area contributed by atoms with Gasteiger partial charge in [0.1, 0.15) is 5.75 Å². The lowest BCUT2D eigenvalue weighted by atomic mass is 9.86. The zero-order valence-electron chi connectivity index (χ0n) is 11.5. The second-order valence-corrected chi connectivity index (χ2v) is 5.82. The Morgan fingerprint density at radius 1 is 1.15 bits per heavy atom. The molecule has 20 heavy (non-hydrogen) atoms. The van der Waals surface area contributed by atoms with E-state index in [-0.39, 0.29) is 0 Å². The quantitative estimate of drug-likeness (QED) is 0.907. The first-order valence-electron chi connectivity index (χ1n) is 6.30. The Balaban J connectivity index is 2.32. The molecule has 0 saturated carbocycles. The number of halogens is 2. The summed E-state index contributed by atoms with van der Waals surface area (Å²) >= 11 is 12.3. The van der Waals surface area contributed by atoms with Gasteiger partial charge in [-0.25, -0.2) is 0 Å². The number of benzene rings is 2. The van der Waals surface area contributed by atoms with Crippen LogP contribution < -0.4 is 10.5 Å². The van der Waals surface area contributed by atoms with Crippen LogP contribution in [-0.4, -0.2) is 7.11 Å². The summed E-state index contributed by atoms with van der Waals surface area (Å²) in [6.07, 6.45) is 0.597. The van der Waals surface area contributed by atoms with Crippen LogP contribution in [-0.2, 0) is 12.0 Å². The minimum Gasteiger partial charge on any atom is -0.497 e. The van der Waals surface area contributed by atoms with E-state index in [2.05, 4.69) is 0 Å². The molecule has 0 aliphatic rings. The number of ether oxygens (including phenoxy) is 1. The van der Waals surface area contributed by atoms with Crippen molar-refractivity contribution in [1.29, 1.82) is 0 Å². The van der Waals surface area contributed by atoms with Gasteiger partial charge in [-0.2, -0.15) is 0 Å². The van der Waals surface area contributed by atoms with E-state index >= 15 is 0 Å². The molecule has 0 fully saturated rings. The summed E-state index contributed by atoms with van der Waals surface area (Å²) in [5.74, 6) is 0.788. The van der Waals surface area contributed by atoms with Gasteiger partial charge in [-0.1, -0.05) is 47.5 Å². The van der Waals surface area contributed by atoms with E-state index in [1.54, 1.807) is 13.2 Å². The van der Waals surface area contributed by atoms with E-state index in [0.29, 0.717) is 16.5 Å². The Kier molecular flexibility index (Phi) is 4.59. The Morgan fingerprint density at radius 3 is 2.55 bits per heavy atom. The van der Waals surface area contributed by atoms with E-state index < -0.39 is 5.54 Å². The Hall–Kier alpha value is -1.22. The molecule has 2 rings (SSSR count). The van der Waals surface area contributed by atoms with Crippen LogP contribution in [0, 0.1) is 0 Å². The van der Waals surface area contributed by atoms with Crippen molar-refractivity contribution in [2.45, 2.75) is 18.9 Å². The maximum atomic E-state index is 6.46. The molecule has 0 spiro atoms. The van der Waals surface area contributed by atoms with E-state index in [4.69, 9.17) is 33.7 Å². The van der Waals surface area contributed by atoms with E-state index in [0.717, 1.165) is 16.9 Å². The fourth-order valence-electron chi connectivity index (χ4n) is 2.16. The lowest BCUT2D eigenvalue weighted by Crippen LogP contribution is -2.35. The predicted molar refractivity (Wildman–Crippen MR) is 84.7 cm³/mol. The average Bonchev–Trinajstić information content (AvgIpc) is 2.44. The first-order chi connectivity index (χ1) is 9.44. The molecule has 0 heterocycles. The van der Waals surface area contributed by atoms with Gasteiger partial charge in [-0.15, -0.1) is 0 Å². The van der Waals surface area contributed by atoms with Gasteiger partial charge in [-0.05, 0) is 42.7 Å². The highest BCUT2D eigenvalue weighted by Crippen LogP contribution is 2.31. The summed E-state index contributed by atoms with van der Waals surface area (Å²) in [7, 11) is 1.64. The Bertz CT molecular complexity index is 611. The number of methoxy groups -OCH3 is 1. The van der Waals surface area contributed by atoms with Crippen molar-refractivity contribution < 1.29 is 4.74 Å². The monoisotopic (exact) mass is 309 g/mol. The van der Waals surface area contributed by atoms with Gasteiger partial charge in [0.2, 0.25) is 0 Å². The number of hydrogen-bond donors (Lipinski definition) is 1. The molecule has 0 saturated heterocycles. The van der Waals surface area contributed by atoms with Gasteiger partial charge in [0.15, 0.2) is 0 Å². The van der Waals surface area contributed by atoms with Crippen LogP contribution in [0.2, 0.25) is 10.0 Å². The topological polar surface area (TPSA) is 35.2 Å². The van der Waals surface area contributed by atoms with Crippen LogP contribution in [0.4, 0.5) is 0 Å². The minimum absolute atomic E-state index is 0.547. The summed E-state index contributed by atoms with van der Waals surface area (Å²) in [5.41, 5.74) is 7.83. The molecule has 2 nitrogen and oxygen atoms in total. The third kappa shape index (κ3) is 3.26. The first-order valence-corrected chi connectivity index (χ1v) is 7.06.